The van der Waals surface area contributed by atoms with Crippen molar-refractivity contribution >= 4 is 5.91 Å². The van der Waals surface area contributed by atoms with Gasteiger partial charge in [0.2, 0.25) is 5.91 Å². The minimum Gasteiger partial charge on any atom is -0.379 e. The van der Waals surface area contributed by atoms with Crippen LogP contribution in [0, 0.1) is 5.82 Å². The van der Waals surface area contributed by atoms with Crippen molar-refractivity contribution in [3.63, 3.8) is 0 Å². The van der Waals surface area contributed by atoms with E-state index in [2.05, 4.69) is 4.90 Å². The molecule has 1 aromatic rings. The molecule has 1 aliphatic rings. The molecule has 0 spiro atoms. The van der Waals surface area contributed by atoms with Gasteiger partial charge >= 0.3 is 0 Å². The average Bonchev–Trinajstić information content (AvgIpc) is 2.42. The molecule has 1 heterocycles. The van der Waals surface area contributed by atoms with E-state index in [1.807, 2.05) is 0 Å². The Morgan fingerprint density at radius 3 is 2.58 bits per heavy atom. The van der Waals surface area contributed by atoms with E-state index >= 15 is 0 Å². The second-order valence-corrected chi connectivity index (χ2v) is 4.76. The maximum Gasteiger partial charge on any atom is 0.236 e. The van der Waals surface area contributed by atoms with Crippen molar-refractivity contribution in [2.45, 2.75) is 6.54 Å². The van der Waals surface area contributed by atoms with Crippen LogP contribution in [-0.4, -0.2) is 55.6 Å². The Morgan fingerprint density at radius 2 is 1.95 bits per heavy atom. The maximum absolute atomic E-state index is 12.8. The van der Waals surface area contributed by atoms with Crippen molar-refractivity contribution in [2.75, 3.05) is 39.9 Å². The number of likely N-dealkylation sites (N-methyl/N-ethyl adjacent to an activating group) is 1. The van der Waals surface area contributed by atoms with Crippen LogP contribution in [0.5, 0.6) is 0 Å². The highest BCUT2D eigenvalue weighted by molar-refractivity contribution is 5.78. The standard InChI is InChI=1S/C14H19FN2O2/c1-16(10-12-2-4-13(15)5-3-12)14(18)11-17-6-8-19-9-7-17/h2-5H,6-11H2,1H3. The van der Waals surface area contributed by atoms with Crippen molar-refractivity contribution in [3.05, 3.63) is 35.6 Å². The van der Waals surface area contributed by atoms with E-state index in [-0.39, 0.29) is 11.7 Å². The molecular formula is C14H19FN2O2. The molecule has 19 heavy (non-hydrogen) atoms. The van der Waals surface area contributed by atoms with Crippen LogP contribution in [0.15, 0.2) is 24.3 Å². The molecule has 0 aromatic heterocycles. The van der Waals surface area contributed by atoms with Gasteiger partial charge in [-0.25, -0.2) is 4.39 Å². The predicted octanol–water partition coefficient (Wildman–Crippen LogP) is 1.12. The number of carbonyl (C=O) groups excluding carboxylic acids is 1. The Labute approximate surface area is 112 Å². The summed E-state index contributed by atoms with van der Waals surface area (Å²) in [5.41, 5.74) is 0.930. The lowest BCUT2D eigenvalue weighted by molar-refractivity contribution is -0.132. The fourth-order valence-electron chi connectivity index (χ4n) is 2.02. The topological polar surface area (TPSA) is 32.8 Å². The molecule has 1 saturated heterocycles. The zero-order valence-corrected chi connectivity index (χ0v) is 11.1. The highest BCUT2D eigenvalue weighted by Crippen LogP contribution is 2.06. The second kappa shape index (κ2) is 6.63. The molecule has 1 amide bonds. The van der Waals surface area contributed by atoms with E-state index in [1.54, 1.807) is 24.1 Å². The number of morpholine rings is 1. The number of halogens is 1. The van der Waals surface area contributed by atoms with Crippen molar-refractivity contribution in [1.29, 1.82) is 0 Å². The normalized spacial score (nSPS) is 16.3. The van der Waals surface area contributed by atoms with Crippen LogP contribution in [0.1, 0.15) is 5.56 Å². The van der Waals surface area contributed by atoms with E-state index in [0.717, 1.165) is 18.7 Å². The lowest BCUT2D eigenvalue weighted by atomic mass is 10.2. The summed E-state index contributed by atoms with van der Waals surface area (Å²) >= 11 is 0. The van der Waals surface area contributed by atoms with Gasteiger partial charge in [0.05, 0.1) is 19.8 Å². The number of nitrogens with zero attached hydrogens (tertiary/aromatic N) is 2. The molecule has 0 atom stereocenters. The number of benzene rings is 1. The second-order valence-electron chi connectivity index (χ2n) is 4.76. The summed E-state index contributed by atoms with van der Waals surface area (Å²) in [6.45, 7) is 3.90. The number of ether oxygens (including phenoxy) is 1. The number of amides is 1. The number of hydrogen-bond acceptors (Lipinski definition) is 3. The quantitative estimate of drug-likeness (QED) is 0.818. The predicted molar refractivity (Wildman–Crippen MR) is 70.1 cm³/mol. The van der Waals surface area contributed by atoms with Gasteiger partial charge in [-0.2, -0.15) is 0 Å². The minimum atomic E-state index is -0.258. The fraction of sp³-hybridized carbons (Fsp3) is 0.500. The zero-order chi connectivity index (χ0) is 13.7. The highest BCUT2D eigenvalue weighted by atomic mass is 19.1. The molecule has 0 unspecified atom stereocenters. The van der Waals surface area contributed by atoms with Crippen LogP contribution in [0.25, 0.3) is 0 Å². The van der Waals surface area contributed by atoms with Gasteiger partial charge in [-0.15, -0.1) is 0 Å². The number of carbonyl (C=O) groups is 1. The molecule has 2 rings (SSSR count). The van der Waals surface area contributed by atoms with Crippen LogP contribution in [0.2, 0.25) is 0 Å². The third-order valence-corrected chi connectivity index (χ3v) is 3.22. The Hall–Kier alpha value is -1.46. The van der Waals surface area contributed by atoms with E-state index in [1.165, 1.54) is 12.1 Å². The van der Waals surface area contributed by atoms with E-state index in [9.17, 15) is 9.18 Å². The van der Waals surface area contributed by atoms with Crippen molar-refractivity contribution < 1.29 is 13.9 Å². The molecule has 0 aliphatic carbocycles. The van der Waals surface area contributed by atoms with Gasteiger partial charge in [0, 0.05) is 26.7 Å². The summed E-state index contributed by atoms with van der Waals surface area (Å²) in [5.74, 6) is -0.183. The van der Waals surface area contributed by atoms with Gasteiger partial charge in [-0.05, 0) is 17.7 Å². The number of rotatable bonds is 4. The first kappa shape index (κ1) is 14.0. The molecule has 1 aromatic carbocycles. The van der Waals surface area contributed by atoms with Crippen LogP contribution < -0.4 is 0 Å². The molecule has 1 fully saturated rings. The van der Waals surface area contributed by atoms with Gasteiger partial charge in [-0.3, -0.25) is 9.69 Å². The zero-order valence-electron chi connectivity index (χ0n) is 11.1. The molecule has 0 radical (unpaired) electrons. The summed E-state index contributed by atoms with van der Waals surface area (Å²) in [4.78, 5) is 15.8. The van der Waals surface area contributed by atoms with E-state index < -0.39 is 0 Å². The summed E-state index contributed by atoms with van der Waals surface area (Å²) in [7, 11) is 1.77. The van der Waals surface area contributed by atoms with Gasteiger partial charge in [0.1, 0.15) is 5.82 Å². The first-order valence-electron chi connectivity index (χ1n) is 6.43. The fourth-order valence-corrected chi connectivity index (χ4v) is 2.02. The molecule has 0 saturated carbocycles. The smallest absolute Gasteiger partial charge is 0.236 e. The highest BCUT2D eigenvalue weighted by Gasteiger charge is 2.16. The Morgan fingerprint density at radius 1 is 1.32 bits per heavy atom. The maximum atomic E-state index is 12.8. The summed E-state index contributed by atoms with van der Waals surface area (Å²) < 4.78 is 18.0. The Bertz CT molecular complexity index is 416. The SMILES string of the molecule is CN(Cc1ccc(F)cc1)C(=O)CN1CCOCC1. The Kier molecular flexibility index (Phi) is 4.87. The molecule has 1 aliphatic heterocycles. The first-order valence-corrected chi connectivity index (χ1v) is 6.43. The molecule has 5 heteroatoms. The van der Waals surface area contributed by atoms with Crippen molar-refractivity contribution in [1.82, 2.24) is 9.80 Å². The van der Waals surface area contributed by atoms with Gasteiger partial charge in [0.15, 0.2) is 0 Å². The largest absolute Gasteiger partial charge is 0.379 e. The number of hydrogen-bond donors (Lipinski definition) is 0. The lowest BCUT2D eigenvalue weighted by Gasteiger charge is -2.28. The van der Waals surface area contributed by atoms with Crippen LogP contribution in [-0.2, 0) is 16.1 Å². The van der Waals surface area contributed by atoms with Crippen LogP contribution in [0.4, 0.5) is 4.39 Å². The molecule has 0 N–H and O–H groups in total. The minimum absolute atomic E-state index is 0.0752. The van der Waals surface area contributed by atoms with Crippen molar-refractivity contribution in [3.8, 4) is 0 Å². The third kappa shape index (κ3) is 4.29. The van der Waals surface area contributed by atoms with E-state index in [0.29, 0.717) is 26.3 Å². The van der Waals surface area contributed by atoms with E-state index in [4.69, 9.17) is 4.74 Å². The summed E-state index contributed by atoms with van der Waals surface area (Å²) in [6.07, 6.45) is 0. The first-order chi connectivity index (χ1) is 9.15. The molecule has 4 nitrogen and oxygen atoms in total. The average molecular weight is 266 g/mol. The van der Waals surface area contributed by atoms with Gasteiger partial charge < -0.3 is 9.64 Å². The van der Waals surface area contributed by atoms with Crippen molar-refractivity contribution in [2.24, 2.45) is 0 Å². The molecular weight excluding hydrogens is 247 g/mol. The Balaban J connectivity index is 1.83. The van der Waals surface area contributed by atoms with Crippen LogP contribution >= 0.6 is 0 Å². The van der Waals surface area contributed by atoms with Crippen LogP contribution in [0.3, 0.4) is 0 Å². The molecule has 0 bridgehead atoms. The monoisotopic (exact) mass is 266 g/mol. The summed E-state index contributed by atoms with van der Waals surface area (Å²) in [6, 6.07) is 6.23. The summed E-state index contributed by atoms with van der Waals surface area (Å²) in [5, 5.41) is 0. The van der Waals surface area contributed by atoms with Gasteiger partial charge in [-0.1, -0.05) is 12.1 Å². The third-order valence-electron chi connectivity index (χ3n) is 3.22. The molecule has 104 valence electrons. The van der Waals surface area contributed by atoms with Gasteiger partial charge in [0.25, 0.3) is 0 Å². The lowest BCUT2D eigenvalue weighted by Crippen LogP contribution is -2.43.